The molecular weight excluding hydrogens is 362 g/mol. The Morgan fingerprint density at radius 1 is 1.27 bits per heavy atom. The van der Waals surface area contributed by atoms with Gasteiger partial charge in [0, 0.05) is 19.3 Å². The molecule has 0 aromatic heterocycles. The highest BCUT2D eigenvalue weighted by Crippen LogP contribution is 2.33. The fraction of sp³-hybridized carbons (Fsp3) is 0.941. The quantitative estimate of drug-likeness (QED) is 0.725. The molecule has 9 heteroatoms. The normalized spacial score (nSPS) is 27.2. The van der Waals surface area contributed by atoms with Gasteiger partial charge in [-0.2, -0.15) is 8.42 Å². The zero-order chi connectivity index (χ0) is 19.6. The standard InChI is InChI=1S/C17H31NO7S/c1-16(2,3)24-15(19)18-12-14(25-26(4,21)22)6-5-13(18)11-17(20)7-9-23-10-8-17/h13-14,20H,5-12H2,1-4H3/t13-,14+/m1/s1. The van der Waals surface area contributed by atoms with E-state index in [1.165, 1.54) is 4.90 Å². The number of hydrogen-bond acceptors (Lipinski definition) is 7. The molecule has 8 nitrogen and oxygen atoms in total. The van der Waals surface area contributed by atoms with Crippen molar-refractivity contribution in [3.05, 3.63) is 0 Å². The van der Waals surface area contributed by atoms with E-state index >= 15 is 0 Å². The average molecular weight is 394 g/mol. The van der Waals surface area contributed by atoms with Gasteiger partial charge in [0.2, 0.25) is 0 Å². The van der Waals surface area contributed by atoms with Crippen LogP contribution in [-0.4, -0.2) is 73.9 Å². The van der Waals surface area contributed by atoms with Crippen LogP contribution < -0.4 is 0 Å². The summed E-state index contributed by atoms with van der Waals surface area (Å²) in [6.45, 7) is 6.45. The smallest absolute Gasteiger partial charge is 0.410 e. The maximum Gasteiger partial charge on any atom is 0.410 e. The molecule has 2 saturated heterocycles. The van der Waals surface area contributed by atoms with Gasteiger partial charge in [0.15, 0.2) is 0 Å². The first-order chi connectivity index (χ1) is 11.9. The van der Waals surface area contributed by atoms with E-state index in [0.29, 0.717) is 45.3 Å². The summed E-state index contributed by atoms with van der Waals surface area (Å²) in [5, 5.41) is 10.8. The first-order valence-electron chi connectivity index (χ1n) is 9.05. The second kappa shape index (κ2) is 8.00. The van der Waals surface area contributed by atoms with E-state index in [9.17, 15) is 18.3 Å². The molecule has 2 aliphatic rings. The molecule has 0 aromatic rings. The van der Waals surface area contributed by atoms with Crippen molar-refractivity contribution in [3.8, 4) is 0 Å². The minimum Gasteiger partial charge on any atom is -0.444 e. The summed E-state index contributed by atoms with van der Waals surface area (Å²) in [5.41, 5.74) is -1.55. The molecule has 0 spiro atoms. The van der Waals surface area contributed by atoms with Crippen LogP contribution in [0.1, 0.15) is 52.9 Å². The minimum atomic E-state index is -3.61. The summed E-state index contributed by atoms with van der Waals surface area (Å²) in [7, 11) is -3.61. The first-order valence-corrected chi connectivity index (χ1v) is 10.9. The van der Waals surface area contributed by atoms with Gasteiger partial charge in [0.1, 0.15) is 5.60 Å². The molecule has 26 heavy (non-hydrogen) atoms. The van der Waals surface area contributed by atoms with Crippen molar-refractivity contribution in [1.82, 2.24) is 4.90 Å². The number of aliphatic hydroxyl groups is 1. The number of amides is 1. The highest BCUT2D eigenvalue weighted by Gasteiger charge is 2.41. The van der Waals surface area contributed by atoms with Crippen molar-refractivity contribution in [3.63, 3.8) is 0 Å². The maximum atomic E-state index is 12.7. The van der Waals surface area contributed by atoms with Crippen LogP contribution in [0.25, 0.3) is 0 Å². The number of likely N-dealkylation sites (tertiary alicyclic amines) is 1. The van der Waals surface area contributed by atoms with Crippen LogP contribution in [0, 0.1) is 0 Å². The second-order valence-corrected chi connectivity index (χ2v) is 9.93. The Bertz CT molecular complexity index is 593. The van der Waals surface area contributed by atoms with Crippen LogP contribution in [-0.2, 0) is 23.8 Å². The van der Waals surface area contributed by atoms with Gasteiger partial charge in [0.05, 0.1) is 24.5 Å². The zero-order valence-corrected chi connectivity index (χ0v) is 16.9. The van der Waals surface area contributed by atoms with E-state index in [2.05, 4.69) is 0 Å². The lowest BCUT2D eigenvalue weighted by atomic mass is 9.84. The fourth-order valence-electron chi connectivity index (χ4n) is 3.47. The molecule has 0 aromatic carbocycles. The summed E-state index contributed by atoms with van der Waals surface area (Å²) in [6, 6.07) is -0.229. The summed E-state index contributed by atoms with van der Waals surface area (Å²) in [6.07, 6.45) is 2.40. The number of piperidine rings is 1. The number of carbonyl (C=O) groups excluding carboxylic acids is 1. The second-order valence-electron chi connectivity index (χ2n) is 8.33. The molecule has 2 fully saturated rings. The SMILES string of the molecule is CC(C)(C)OC(=O)N1C[C@@H](OS(C)(=O)=O)CC[C@@H]1CC1(O)CCOCC1. The van der Waals surface area contributed by atoms with Crippen molar-refractivity contribution >= 4 is 16.2 Å². The lowest BCUT2D eigenvalue weighted by Gasteiger charge is -2.43. The molecule has 0 bridgehead atoms. The van der Waals surface area contributed by atoms with E-state index in [1.54, 1.807) is 20.8 Å². The minimum absolute atomic E-state index is 0.124. The molecule has 0 aliphatic carbocycles. The molecule has 152 valence electrons. The van der Waals surface area contributed by atoms with Crippen molar-refractivity contribution in [2.75, 3.05) is 26.0 Å². The fourth-order valence-corrected chi connectivity index (χ4v) is 4.12. The van der Waals surface area contributed by atoms with E-state index in [4.69, 9.17) is 13.7 Å². The Hall–Kier alpha value is -0.900. The largest absolute Gasteiger partial charge is 0.444 e. The Balaban J connectivity index is 2.12. The molecule has 1 N–H and O–H groups in total. The van der Waals surface area contributed by atoms with Crippen LogP contribution in [0.3, 0.4) is 0 Å². The third-order valence-electron chi connectivity index (χ3n) is 4.64. The summed E-state index contributed by atoms with van der Waals surface area (Å²) >= 11 is 0. The van der Waals surface area contributed by atoms with Crippen LogP contribution >= 0.6 is 0 Å². The molecular formula is C17H31NO7S. The maximum absolute atomic E-state index is 12.7. The average Bonchev–Trinajstić information content (AvgIpc) is 2.46. The van der Waals surface area contributed by atoms with E-state index in [-0.39, 0.29) is 12.6 Å². The number of hydrogen-bond donors (Lipinski definition) is 1. The van der Waals surface area contributed by atoms with Gasteiger partial charge in [-0.05, 0) is 52.9 Å². The van der Waals surface area contributed by atoms with Gasteiger partial charge < -0.3 is 19.5 Å². The number of ether oxygens (including phenoxy) is 2. The molecule has 2 aliphatic heterocycles. The Kier molecular flexibility index (Phi) is 6.58. The van der Waals surface area contributed by atoms with E-state index < -0.39 is 33.5 Å². The van der Waals surface area contributed by atoms with Crippen LogP contribution in [0.5, 0.6) is 0 Å². The predicted octanol–water partition coefficient (Wildman–Crippen LogP) is 1.66. The molecule has 0 saturated carbocycles. The molecule has 2 rings (SSSR count). The molecule has 0 radical (unpaired) electrons. The molecule has 0 unspecified atom stereocenters. The predicted molar refractivity (Wildman–Crippen MR) is 95.3 cm³/mol. The van der Waals surface area contributed by atoms with Crippen LogP contribution in [0.2, 0.25) is 0 Å². The number of nitrogens with zero attached hydrogens (tertiary/aromatic N) is 1. The van der Waals surface area contributed by atoms with Gasteiger partial charge in [0.25, 0.3) is 10.1 Å². The van der Waals surface area contributed by atoms with Gasteiger partial charge >= 0.3 is 6.09 Å². The zero-order valence-electron chi connectivity index (χ0n) is 16.1. The molecule has 1 amide bonds. The van der Waals surface area contributed by atoms with Crippen molar-refractivity contribution in [1.29, 1.82) is 0 Å². The van der Waals surface area contributed by atoms with Crippen LogP contribution in [0.15, 0.2) is 0 Å². The number of carbonyl (C=O) groups is 1. The highest BCUT2D eigenvalue weighted by molar-refractivity contribution is 7.86. The van der Waals surface area contributed by atoms with Gasteiger partial charge in [-0.15, -0.1) is 0 Å². The monoisotopic (exact) mass is 393 g/mol. The Morgan fingerprint density at radius 3 is 2.42 bits per heavy atom. The topological polar surface area (TPSA) is 102 Å². The Labute approximate surface area is 155 Å². The van der Waals surface area contributed by atoms with Gasteiger partial charge in [-0.25, -0.2) is 4.79 Å². The Morgan fingerprint density at radius 2 is 1.88 bits per heavy atom. The summed E-state index contributed by atoms with van der Waals surface area (Å²) < 4.78 is 38.8. The molecule has 2 heterocycles. The van der Waals surface area contributed by atoms with Gasteiger partial charge in [-0.1, -0.05) is 0 Å². The van der Waals surface area contributed by atoms with E-state index in [1.807, 2.05) is 0 Å². The van der Waals surface area contributed by atoms with Crippen molar-refractivity contribution in [2.24, 2.45) is 0 Å². The first kappa shape index (κ1) is 21.4. The highest BCUT2D eigenvalue weighted by atomic mass is 32.2. The van der Waals surface area contributed by atoms with E-state index in [0.717, 1.165) is 6.26 Å². The number of rotatable bonds is 4. The van der Waals surface area contributed by atoms with Crippen molar-refractivity contribution in [2.45, 2.75) is 76.2 Å². The third-order valence-corrected chi connectivity index (χ3v) is 5.26. The summed E-state index contributed by atoms with van der Waals surface area (Å²) in [5.74, 6) is 0. The third kappa shape index (κ3) is 6.68. The van der Waals surface area contributed by atoms with Crippen molar-refractivity contribution < 1.29 is 32.0 Å². The lowest BCUT2D eigenvalue weighted by Crippen LogP contribution is -2.54. The summed E-state index contributed by atoms with van der Waals surface area (Å²) in [4.78, 5) is 14.2. The van der Waals surface area contributed by atoms with Crippen LogP contribution in [0.4, 0.5) is 4.79 Å². The van der Waals surface area contributed by atoms with Gasteiger partial charge in [-0.3, -0.25) is 4.18 Å². The lowest BCUT2D eigenvalue weighted by molar-refractivity contribution is -0.0880. The molecule has 2 atom stereocenters.